The van der Waals surface area contributed by atoms with E-state index in [2.05, 4.69) is 5.32 Å². The predicted octanol–water partition coefficient (Wildman–Crippen LogP) is 2.08. The number of nitrogens with one attached hydrogen (secondary N) is 1. The molecule has 0 aromatic heterocycles. The number of benzene rings is 1. The maximum atomic E-state index is 12.6. The molecule has 130 valence electrons. The van der Waals surface area contributed by atoms with Crippen molar-refractivity contribution in [2.45, 2.75) is 24.7 Å². The molecule has 1 unspecified atom stereocenters. The maximum absolute atomic E-state index is 12.6. The summed E-state index contributed by atoms with van der Waals surface area (Å²) in [5.74, 6) is -0.608. The fourth-order valence-electron chi connectivity index (χ4n) is 2.22. The topological polar surface area (TPSA) is 92.5 Å². The minimum Gasteiger partial charge on any atom is -0.330 e. The van der Waals surface area contributed by atoms with Crippen molar-refractivity contribution in [2.24, 2.45) is 11.7 Å². The summed E-state index contributed by atoms with van der Waals surface area (Å²) in [5, 5.41) is 2.81. The molecule has 1 aliphatic rings. The highest BCUT2D eigenvalue weighted by Crippen LogP contribution is 2.29. The molecule has 0 aliphatic carbocycles. The third-order valence-electron chi connectivity index (χ3n) is 3.68. The highest BCUT2D eigenvalue weighted by Gasteiger charge is 2.29. The first-order valence-electron chi connectivity index (χ1n) is 7.17. The van der Waals surface area contributed by atoms with Gasteiger partial charge in [-0.3, -0.25) is 4.79 Å². The molecule has 0 spiro atoms. The van der Waals surface area contributed by atoms with Gasteiger partial charge in [0.1, 0.15) is 4.90 Å². The zero-order valence-corrected chi connectivity index (χ0v) is 15.2. The molecule has 1 heterocycles. The number of anilines is 1. The number of halogens is 2. The van der Waals surface area contributed by atoms with E-state index in [4.69, 9.17) is 17.3 Å². The number of nitrogens with zero attached hydrogens (tertiary/aromatic N) is 1. The van der Waals surface area contributed by atoms with Gasteiger partial charge in [0.2, 0.25) is 15.9 Å². The van der Waals surface area contributed by atoms with Gasteiger partial charge in [0, 0.05) is 31.2 Å². The first kappa shape index (κ1) is 20.2. The van der Waals surface area contributed by atoms with Gasteiger partial charge in [-0.15, -0.1) is 12.4 Å². The van der Waals surface area contributed by atoms with Gasteiger partial charge in [-0.2, -0.15) is 4.31 Å². The molecule has 1 fully saturated rings. The summed E-state index contributed by atoms with van der Waals surface area (Å²) in [5.41, 5.74) is 5.84. The van der Waals surface area contributed by atoms with Crippen LogP contribution in [0, 0.1) is 5.92 Å². The lowest BCUT2D eigenvalue weighted by atomic mass is 10.1. The van der Waals surface area contributed by atoms with Crippen LogP contribution in [-0.4, -0.2) is 38.3 Å². The van der Waals surface area contributed by atoms with Crippen LogP contribution in [0.25, 0.3) is 0 Å². The van der Waals surface area contributed by atoms with Crippen LogP contribution < -0.4 is 11.1 Å². The van der Waals surface area contributed by atoms with Gasteiger partial charge in [0.25, 0.3) is 0 Å². The van der Waals surface area contributed by atoms with Crippen molar-refractivity contribution in [3.8, 4) is 0 Å². The highest BCUT2D eigenvalue weighted by molar-refractivity contribution is 7.89. The molecule has 1 saturated heterocycles. The summed E-state index contributed by atoms with van der Waals surface area (Å²) in [7, 11) is -3.63. The Hall–Kier alpha value is -0.860. The predicted molar refractivity (Wildman–Crippen MR) is 93.5 cm³/mol. The number of carbonyl (C=O) groups is 1. The number of carbonyl (C=O) groups excluding carboxylic acids is 1. The zero-order valence-electron chi connectivity index (χ0n) is 12.8. The summed E-state index contributed by atoms with van der Waals surface area (Å²) >= 11 is 6.05. The Morgan fingerprint density at radius 2 is 2.00 bits per heavy atom. The smallest absolute Gasteiger partial charge is 0.244 e. The zero-order chi connectivity index (χ0) is 16.3. The van der Waals surface area contributed by atoms with Gasteiger partial charge in [0.15, 0.2) is 0 Å². The van der Waals surface area contributed by atoms with E-state index >= 15 is 0 Å². The Kier molecular flexibility index (Phi) is 7.29. The standard InChI is InChI=1S/C14H20ClN3O3S.ClH/c1-10(9-16)14(19)17-11-4-5-12(15)13(8-11)22(20,21)18-6-2-3-7-18;/h4-5,8,10H,2-3,6-7,9,16H2,1H3,(H,17,19);1H. The second-order valence-electron chi connectivity index (χ2n) is 5.38. The number of amides is 1. The fraction of sp³-hybridized carbons (Fsp3) is 0.500. The summed E-state index contributed by atoms with van der Waals surface area (Å²) in [4.78, 5) is 11.9. The minimum atomic E-state index is -3.63. The van der Waals surface area contributed by atoms with Crippen LogP contribution in [0.5, 0.6) is 0 Å². The molecule has 23 heavy (non-hydrogen) atoms. The summed E-state index contributed by atoms with van der Waals surface area (Å²) in [6.07, 6.45) is 1.70. The third-order valence-corrected chi connectivity index (χ3v) is 6.06. The third kappa shape index (κ3) is 4.58. The van der Waals surface area contributed by atoms with Crippen LogP contribution in [0.3, 0.4) is 0 Å². The molecule has 3 N–H and O–H groups in total. The minimum absolute atomic E-state index is 0. The van der Waals surface area contributed by atoms with Crippen LogP contribution in [0.4, 0.5) is 5.69 Å². The number of hydrogen-bond donors (Lipinski definition) is 2. The van der Waals surface area contributed by atoms with E-state index in [0.717, 1.165) is 12.8 Å². The van der Waals surface area contributed by atoms with Crippen molar-refractivity contribution in [1.82, 2.24) is 4.31 Å². The first-order valence-corrected chi connectivity index (χ1v) is 8.98. The van der Waals surface area contributed by atoms with E-state index in [1.54, 1.807) is 13.0 Å². The van der Waals surface area contributed by atoms with Crippen molar-refractivity contribution in [1.29, 1.82) is 0 Å². The molecule has 1 aromatic carbocycles. The highest BCUT2D eigenvalue weighted by atomic mass is 35.5. The van der Waals surface area contributed by atoms with Crippen LogP contribution in [0.2, 0.25) is 5.02 Å². The average Bonchev–Trinajstić information content (AvgIpc) is 3.03. The fourth-order valence-corrected chi connectivity index (χ4v) is 4.24. The van der Waals surface area contributed by atoms with E-state index < -0.39 is 10.0 Å². The van der Waals surface area contributed by atoms with Gasteiger partial charge in [0.05, 0.1) is 5.02 Å². The molecular weight excluding hydrogens is 361 g/mol. The van der Waals surface area contributed by atoms with Gasteiger partial charge in [-0.05, 0) is 31.0 Å². The molecule has 1 aliphatic heterocycles. The van der Waals surface area contributed by atoms with Crippen LogP contribution in [0.15, 0.2) is 23.1 Å². The summed E-state index contributed by atoms with van der Waals surface area (Å²) in [6.45, 7) is 2.92. The number of hydrogen-bond acceptors (Lipinski definition) is 4. The van der Waals surface area contributed by atoms with E-state index in [1.807, 2.05) is 0 Å². The van der Waals surface area contributed by atoms with Crippen LogP contribution in [-0.2, 0) is 14.8 Å². The molecule has 2 rings (SSSR count). The number of rotatable bonds is 5. The van der Waals surface area contributed by atoms with E-state index in [9.17, 15) is 13.2 Å². The average molecular weight is 382 g/mol. The van der Waals surface area contributed by atoms with Crippen LogP contribution in [0.1, 0.15) is 19.8 Å². The number of sulfonamides is 1. The molecule has 1 amide bonds. The molecule has 0 saturated carbocycles. The Balaban J connectivity index is 0.00000264. The lowest BCUT2D eigenvalue weighted by molar-refractivity contribution is -0.119. The maximum Gasteiger partial charge on any atom is 0.244 e. The molecule has 1 atom stereocenters. The summed E-state index contributed by atoms with van der Waals surface area (Å²) < 4.78 is 26.6. The molecule has 1 aromatic rings. The van der Waals surface area contributed by atoms with E-state index in [-0.39, 0.29) is 40.7 Å². The Morgan fingerprint density at radius 1 is 1.39 bits per heavy atom. The van der Waals surface area contributed by atoms with Crippen molar-refractivity contribution >= 4 is 45.6 Å². The van der Waals surface area contributed by atoms with Gasteiger partial charge < -0.3 is 11.1 Å². The van der Waals surface area contributed by atoms with Crippen molar-refractivity contribution < 1.29 is 13.2 Å². The van der Waals surface area contributed by atoms with Gasteiger partial charge in [-0.25, -0.2) is 8.42 Å². The quantitative estimate of drug-likeness (QED) is 0.816. The lowest BCUT2D eigenvalue weighted by Gasteiger charge is -2.17. The molecule has 0 bridgehead atoms. The normalized spacial score (nSPS) is 16.7. The molecule has 9 heteroatoms. The molecular formula is C14H21Cl2N3O3S. The monoisotopic (exact) mass is 381 g/mol. The van der Waals surface area contributed by atoms with Crippen molar-refractivity contribution in [3.63, 3.8) is 0 Å². The van der Waals surface area contributed by atoms with Gasteiger partial charge >= 0.3 is 0 Å². The first-order chi connectivity index (χ1) is 10.4. The molecule has 0 radical (unpaired) electrons. The van der Waals surface area contributed by atoms with Crippen molar-refractivity contribution in [3.05, 3.63) is 23.2 Å². The van der Waals surface area contributed by atoms with E-state index in [0.29, 0.717) is 18.8 Å². The Labute approximate surface area is 147 Å². The second-order valence-corrected chi connectivity index (χ2v) is 7.70. The van der Waals surface area contributed by atoms with Gasteiger partial charge in [-0.1, -0.05) is 18.5 Å². The Morgan fingerprint density at radius 3 is 2.57 bits per heavy atom. The van der Waals surface area contributed by atoms with Crippen molar-refractivity contribution in [2.75, 3.05) is 25.0 Å². The lowest BCUT2D eigenvalue weighted by Crippen LogP contribution is -2.29. The summed E-state index contributed by atoms with van der Waals surface area (Å²) in [6, 6.07) is 4.46. The van der Waals surface area contributed by atoms with Crippen LogP contribution >= 0.6 is 24.0 Å². The SMILES string of the molecule is CC(CN)C(=O)Nc1ccc(Cl)c(S(=O)(=O)N2CCCC2)c1.Cl. The Bertz CT molecular complexity index is 661. The van der Waals surface area contributed by atoms with E-state index in [1.165, 1.54) is 16.4 Å². The second kappa shape index (κ2) is 8.30. The largest absolute Gasteiger partial charge is 0.330 e. The number of nitrogens with two attached hydrogens (primary N) is 1. The molecule has 6 nitrogen and oxygen atoms in total.